The van der Waals surface area contributed by atoms with Crippen LogP contribution in [0.25, 0.3) is 27.7 Å². The van der Waals surface area contributed by atoms with Gasteiger partial charge in [-0.3, -0.25) is 9.36 Å². The van der Waals surface area contributed by atoms with Gasteiger partial charge in [0, 0.05) is 17.6 Å². The molecular weight excluding hydrogens is 531 g/mol. The highest BCUT2D eigenvalue weighted by Crippen LogP contribution is 2.35. The number of benzene rings is 3. The number of aromatic nitrogens is 3. The van der Waals surface area contributed by atoms with Gasteiger partial charge in [0.25, 0.3) is 5.56 Å². The first-order chi connectivity index (χ1) is 18.6. The van der Waals surface area contributed by atoms with Gasteiger partial charge in [0.15, 0.2) is 9.84 Å². The second-order valence-corrected chi connectivity index (χ2v) is 10.6. The molecule has 3 aromatic carbocycles. The number of rotatable bonds is 6. The number of methoxy groups -OCH3 is 1. The third kappa shape index (κ3) is 5.26. The van der Waals surface area contributed by atoms with Crippen LogP contribution >= 0.6 is 0 Å². The SMILES string of the molecule is COc1cc(-c2cccc(C(F)(F)F)c2)ccc1-n1c(=O)ccc2cc(S(=O)(=O)Cc3ccncn3)ccc21. The standard InChI is InChI=1S/C28H20F3N3O4S/c1-38-26-15-19(18-3-2-4-21(13-18)28(29,30)31)5-8-25(26)34-24-9-7-23(14-20(24)6-10-27(34)35)39(36,37)16-22-11-12-32-17-33-22/h2-15,17H,16H2,1H3. The Bertz CT molecular complexity index is 1850. The van der Waals surface area contributed by atoms with Gasteiger partial charge < -0.3 is 4.74 Å². The van der Waals surface area contributed by atoms with Gasteiger partial charge in [-0.15, -0.1) is 0 Å². The minimum absolute atomic E-state index is 0.0608. The fraction of sp³-hybridized carbons (Fsp3) is 0.107. The summed E-state index contributed by atoms with van der Waals surface area (Å²) in [6, 6.07) is 18.4. The van der Waals surface area contributed by atoms with Crippen LogP contribution in [0.5, 0.6) is 5.75 Å². The lowest BCUT2D eigenvalue weighted by Crippen LogP contribution is -2.18. The summed E-state index contributed by atoms with van der Waals surface area (Å²) in [4.78, 5) is 20.8. The summed E-state index contributed by atoms with van der Waals surface area (Å²) in [5.41, 5.74) is 0.740. The van der Waals surface area contributed by atoms with Crippen molar-refractivity contribution in [2.75, 3.05) is 7.11 Å². The van der Waals surface area contributed by atoms with E-state index in [4.69, 9.17) is 4.74 Å². The Labute approximate surface area is 221 Å². The van der Waals surface area contributed by atoms with Gasteiger partial charge in [0.05, 0.1) is 40.2 Å². The second kappa shape index (κ2) is 9.99. The van der Waals surface area contributed by atoms with Crippen molar-refractivity contribution in [3.05, 3.63) is 113 Å². The second-order valence-electron chi connectivity index (χ2n) is 8.65. The van der Waals surface area contributed by atoms with E-state index in [0.29, 0.717) is 33.4 Å². The number of halogens is 3. The molecular formula is C28H20F3N3O4S. The maximum Gasteiger partial charge on any atom is 0.416 e. The Morgan fingerprint density at radius 1 is 0.923 bits per heavy atom. The number of alkyl halides is 3. The van der Waals surface area contributed by atoms with Gasteiger partial charge in [-0.05, 0) is 65.7 Å². The Morgan fingerprint density at radius 3 is 2.44 bits per heavy atom. The smallest absolute Gasteiger partial charge is 0.416 e. The van der Waals surface area contributed by atoms with Crippen LogP contribution < -0.4 is 10.3 Å². The van der Waals surface area contributed by atoms with E-state index in [0.717, 1.165) is 12.1 Å². The Balaban J connectivity index is 1.58. The van der Waals surface area contributed by atoms with Crippen LogP contribution in [0.15, 0.2) is 101 Å². The van der Waals surface area contributed by atoms with E-state index in [9.17, 15) is 26.4 Å². The van der Waals surface area contributed by atoms with Gasteiger partial charge in [0.2, 0.25) is 0 Å². The summed E-state index contributed by atoms with van der Waals surface area (Å²) < 4.78 is 72.5. The average Bonchev–Trinajstić information content (AvgIpc) is 2.92. The van der Waals surface area contributed by atoms with Crippen molar-refractivity contribution in [2.45, 2.75) is 16.8 Å². The molecule has 0 saturated carbocycles. The van der Waals surface area contributed by atoms with Crippen LogP contribution in [0.1, 0.15) is 11.3 Å². The number of ether oxygens (including phenoxy) is 1. The lowest BCUT2D eigenvalue weighted by molar-refractivity contribution is -0.137. The first-order valence-corrected chi connectivity index (χ1v) is 13.2. The Kier molecular flexibility index (Phi) is 6.69. The zero-order valence-corrected chi connectivity index (χ0v) is 21.2. The van der Waals surface area contributed by atoms with E-state index in [1.165, 1.54) is 66.7 Å². The summed E-state index contributed by atoms with van der Waals surface area (Å²) in [7, 11) is -2.35. The van der Waals surface area contributed by atoms with E-state index < -0.39 is 27.1 Å². The van der Waals surface area contributed by atoms with Crippen LogP contribution in [0.3, 0.4) is 0 Å². The topological polar surface area (TPSA) is 91.2 Å². The predicted molar refractivity (Wildman–Crippen MR) is 139 cm³/mol. The summed E-state index contributed by atoms with van der Waals surface area (Å²) in [5, 5.41) is 0.488. The average molecular weight is 552 g/mol. The molecule has 0 aliphatic rings. The van der Waals surface area contributed by atoms with E-state index >= 15 is 0 Å². The van der Waals surface area contributed by atoms with Crippen molar-refractivity contribution in [3.8, 4) is 22.6 Å². The van der Waals surface area contributed by atoms with Crippen LogP contribution in [0, 0.1) is 0 Å². The maximum absolute atomic E-state index is 13.2. The fourth-order valence-electron chi connectivity index (χ4n) is 4.26. The number of nitrogens with zero attached hydrogens (tertiary/aromatic N) is 3. The monoisotopic (exact) mass is 551 g/mol. The number of fused-ring (bicyclic) bond motifs is 1. The molecule has 2 aromatic heterocycles. The minimum atomic E-state index is -4.49. The number of pyridine rings is 1. The van der Waals surface area contributed by atoms with Crippen LogP contribution in [-0.4, -0.2) is 30.1 Å². The zero-order chi connectivity index (χ0) is 27.8. The molecule has 0 radical (unpaired) electrons. The van der Waals surface area contributed by atoms with Crippen LogP contribution in [0.2, 0.25) is 0 Å². The predicted octanol–water partition coefficient (Wildman–Crippen LogP) is 5.45. The number of hydrogen-bond donors (Lipinski definition) is 0. The summed E-state index contributed by atoms with van der Waals surface area (Å²) in [6.45, 7) is 0. The highest BCUT2D eigenvalue weighted by molar-refractivity contribution is 7.90. The van der Waals surface area contributed by atoms with Crippen molar-refractivity contribution in [2.24, 2.45) is 0 Å². The molecule has 0 atom stereocenters. The maximum atomic E-state index is 13.2. The molecule has 0 fully saturated rings. The normalized spacial score (nSPS) is 12.0. The van der Waals surface area contributed by atoms with Crippen molar-refractivity contribution in [3.63, 3.8) is 0 Å². The number of sulfone groups is 1. The lowest BCUT2D eigenvalue weighted by atomic mass is 10.0. The molecule has 0 bridgehead atoms. The molecule has 7 nitrogen and oxygen atoms in total. The van der Waals surface area contributed by atoms with Crippen molar-refractivity contribution < 1.29 is 26.3 Å². The third-order valence-electron chi connectivity index (χ3n) is 6.15. The summed E-state index contributed by atoms with van der Waals surface area (Å²) in [5.74, 6) is -0.0640. The largest absolute Gasteiger partial charge is 0.495 e. The summed E-state index contributed by atoms with van der Waals surface area (Å²) in [6.07, 6.45) is -1.75. The Hall–Kier alpha value is -4.51. The zero-order valence-electron chi connectivity index (χ0n) is 20.4. The van der Waals surface area contributed by atoms with Crippen molar-refractivity contribution in [1.29, 1.82) is 0 Å². The molecule has 2 heterocycles. The van der Waals surface area contributed by atoms with Gasteiger partial charge in [-0.1, -0.05) is 18.2 Å². The van der Waals surface area contributed by atoms with Gasteiger partial charge in [-0.25, -0.2) is 18.4 Å². The van der Waals surface area contributed by atoms with Crippen molar-refractivity contribution in [1.82, 2.24) is 14.5 Å². The lowest BCUT2D eigenvalue weighted by Gasteiger charge is -2.16. The van der Waals surface area contributed by atoms with Gasteiger partial charge in [0.1, 0.15) is 12.1 Å². The first kappa shape index (κ1) is 26.1. The molecule has 0 aliphatic carbocycles. The van der Waals surface area contributed by atoms with E-state index in [2.05, 4.69) is 9.97 Å². The van der Waals surface area contributed by atoms with Gasteiger partial charge >= 0.3 is 6.18 Å². The van der Waals surface area contributed by atoms with Crippen molar-refractivity contribution >= 4 is 20.7 Å². The van der Waals surface area contributed by atoms with Gasteiger partial charge in [-0.2, -0.15) is 13.2 Å². The molecule has 0 unspecified atom stereocenters. The quantitative estimate of drug-likeness (QED) is 0.279. The summed E-state index contributed by atoms with van der Waals surface area (Å²) >= 11 is 0. The molecule has 5 aromatic rings. The fourth-order valence-corrected chi connectivity index (χ4v) is 5.57. The van der Waals surface area contributed by atoms with E-state index in [-0.39, 0.29) is 16.4 Å². The van der Waals surface area contributed by atoms with E-state index in [1.807, 2.05) is 0 Å². The molecule has 0 saturated heterocycles. The molecule has 5 rings (SSSR count). The molecule has 0 spiro atoms. The van der Waals surface area contributed by atoms with E-state index in [1.54, 1.807) is 24.3 Å². The highest BCUT2D eigenvalue weighted by Gasteiger charge is 2.30. The molecule has 198 valence electrons. The van der Waals surface area contributed by atoms with Crippen LogP contribution in [0.4, 0.5) is 13.2 Å². The number of hydrogen-bond acceptors (Lipinski definition) is 6. The third-order valence-corrected chi connectivity index (χ3v) is 7.80. The first-order valence-electron chi connectivity index (χ1n) is 11.6. The molecule has 11 heteroatoms. The molecule has 0 amide bonds. The Morgan fingerprint density at radius 2 is 1.72 bits per heavy atom. The molecule has 0 aliphatic heterocycles. The molecule has 39 heavy (non-hydrogen) atoms. The molecule has 0 N–H and O–H groups in total. The van der Waals surface area contributed by atoms with Crippen LogP contribution in [-0.2, 0) is 21.8 Å². The highest BCUT2D eigenvalue weighted by atomic mass is 32.2. The minimum Gasteiger partial charge on any atom is -0.495 e.